The van der Waals surface area contributed by atoms with Crippen LogP contribution in [0.3, 0.4) is 0 Å². The lowest BCUT2D eigenvalue weighted by atomic mass is 10.0. The first-order valence-corrected chi connectivity index (χ1v) is 7.21. The van der Waals surface area contributed by atoms with Gasteiger partial charge >= 0.3 is 5.97 Å². The van der Waals surface area contributed by atoms with Crippen LogP contribution in [0.1, 0.15) is 29.3 Å². The molecule has 0 saturated carbocycles. The molecule has 0 spiro atoms. The molecule has 2 rings (SSSR count). The number of nitrogens with one attached hydrogen (secondary N) is 1. The number of ether oxygens (including phenoxy) is 1. The highest BCUT2D eigenvalue weighted by atomic mass is 16.5. The number of amides is 1. The summed E-state index contributed by atoms with van der Waals surface area (Å²) in [7, 11) is 0. The molecule has 2 aromatic rings. The standard InChI is InChI=1S/C18H17NO4/c1-13(20)19-12-11-17(21)23-16-9-7-15(8-10-16)18(22)14-5-3-2-4-6-14/h2-10H,11-12H2,1H3,(H,19,20). The zero-order valence-electron chi connectivity index (χ0n) is 12.7. The van der Waals surface area contributed by atoms with Gasteiger partial charge in [0.05, 0.1) is 6.42 Å². The first-order valence-electron chi connectivity index (χ1n) is 7.21. The molecule has 23 heavy (non-hydrogen) atoms. The van der Waals surface area contributed by atoms with Gasteiger partial charge in [0.15, 0.2) is 5.78 Å². The minimum absolute atomic E-state index is 0.0876. The second-order valence-corrected chi connectivity index (χ2v) is 4.93. The Hall–Kier alpha value is -2.95. The maximum Gasteiger partial charge on any atom is 0.312 e. The number of hydrogen-bond donors (Lipinski definition) is 1. The zero-order valence-corrected chi connectivity index (χ0v) is 12.7. The van der Waals surface area contributed by atoms with Gasteiger partial charge in [0, 0.05) is 24.6 Å². The molecule has 2 aromatic carbocycles. The second-order valence-electron chi connectivity index (χ2n) is 4.93. The average Bonchev–Trinajstić information content (AvgIpc) is 2.55. The lowest BCUT2D eigenvalue weighted by molar-refractivity contribution is -0.134. The topological polar surface area (TPSA) is 72.5 Å². The molecule has 0 radical (unpaired) electrons. The van der Waals surface area contributed by atoms with Crippen molar-refractivity contribution in [2.45, 2.75) is 13.3 Å². The molecule has 0 aromatic heterocycles. The van der Waals surface area contributed by atoms with E-state index in [0.29, 0.717) is 16.9 Å². The van der Waals surface area contributed by atoms with E-state index in [2.05, 4.69) is 5.32 Å². The minimum atomic E-state index is -0.444. The van der Waals surface area contributed by atoms with E-state index in [1.807, 2.05) is 6.07 Å². The second kappa shape index (κ2) is 7.89. The lowest BCUT2D eigenvalue weighted by Crippen LogP contribution is -2.24. The third-order valence-electron chi connectivity index (χ3n) is 3.09. The average molecular weight is 311 g/mol. The predicted octanol–water partition coefficient (Wildman–Crippen LogP) is 2.35. The molecule has 0 heterocycles. The third-order valence-corrected chi connectivity index (χ3v) is 3.09. The highest BCUT2D eigenvalue weighted by molar-refractivity contribution is 6.09. The zero-order chi connectivity index (χ0) is 16.7. The molecule has 0 aliphatic carbocycles. The molecule has 0 unspecified atom stereocenters. The van der Waals surface area contributed by atoms with Crippen molar-refractivity contribution < 1.29 is 19.1 Å². The van der Waals surface area contributed by atoms with Gasteiger partial charge in [0.1, 0.15) is 5.75 Å². The number of carbonyl (C=O) groups is 3. The van der Waals surface area contributed by atoms with Crippen LogP contribution < -0.4 is 10.1 Å². The Bertz CT molecular complexity index is 693. The van der Waals surface area contributed by atoms with Crippen LogP contribution in [-0.4, -0.2) is 24.2 Å². The number of rotatable bonds is 6. The van der Waals surface area contributed by atoms with Crippen molar-refractivity contribution in [1.29, 1.82) is 0 Å². The van der Waals surface area contributed by atoms with Crippen molar-refractivity contribution in [3.8, 4) is 5.75 Å². The lowest BCUT2D eigenvalue weighted by Gasteiger charge is -2.06. The van der Waals surface area contributed by atoms with Crippen LogP contribution in [0.15, 0.2) is 54.6 Å². The molecular weight excluding hydrogens is 294 g/mol. The Morgan fingerprint density at radius 2 is 1.52 bits per heavy atom. The fourth-order valence-corrected chi connectivity index (χ4v) is 1.95. The Balaban J connectivity index is 1.93. The van der Waals surface area contributed by atoms with E-state index in [1.165, 1.54) is 6.92 Å². The van der Waals surface area contributed by atoms with Crippen molar-refractivity contribution in [1.82, 2.24) is 5.32 Å². The number of esters is 1. The van der Waals surface area contributed by atoms with E-state index >= 15 is 0 Å². The monoisotopic (exact) mass is 311 g/mol. The SMILES string of the molecule is CC(=O)NCCC(=O)Oc1ccc(C(=O)c2ccccc2)cc1. The summed E-state index contributed by atoms with van der Waals surface area (Å²) in [6.45, 7) is 1.62. The number of benzene rings is 2. The first-order chi connectivity index (χ1) is 11.1. The fourth-order valence-electron chi connectivity index (χ4n) is 1.95. The molecule has 1 N–H and O–H groups in total. The van der Waals surface area contributed by atoms with Crippen molar-refractivity contribution in [3.63, 3.8) is 0 Å². The summed E-state index contributed by atoms with van der Waals surface area (Å²) in [5.74, 6) is -0.362. The van der Waals surface area contributed by atoms with Crippen LogP contribution in [0.25, 0.3) is 0 Å². The summed E-state index contributed by atoms with van der Waals surface area (Å²) in [5.41, 5.74) is 1.13. The molecule has 0 aliphatic heterocycles. The van der Waals surface area contributed by atoms with Crippen molar-refractivity contribution >= 4 is 17.7 Å². The van der Waals surface area contributed by atoms with Crippen LogP contribution >= 0.6 is 0 Å². The molecule has 0 bridgehead atoms. The van der Waals surface area contributed by atoms with E-state index in [-0.39, 0.29) is 24.7 Å². The van der Waals surface area contributed by atoms with E-state index in [1.54, 1.807) is 48.5 Å². The van der Waals surface area contributed by atoms with Crippen molar-refractivity contribution in [2.75, 3.05) is 6.54 Å². The maximum absolute atomic E-state index is 12.2. The molecule has 5 nitrogen and oxygen atoms in total. The largest absolute Gasteiger partial charge is 0.426 e. The van der Waals surface area contributed by atoms with E-state index in [9.17, 15) is 14.4 Å². The van der Waals surface area contributed by atoms with Gasteiger partial charge in [0.25, 0.3) is 0 Å². The van der Waals surface area contributed by atoms with E-state index in [0.717, 1.165) is 0 Å². The minimum Gasteiger partial charge on any atom is -0.426 e. The van der Waals surface area contributed by atoms with Gasteiger partial charge in [0.2, 0.25) is 5.91 Å². The van der Waals surface area contributed by atoms with Gasteiger partial charge in [-0.3, -0.25) is 14.4 Å². The molecule has 0 aliphatic rings. The smallest absolute Gasteiger partial charge is 0.312 e. The predicted molar refractivity (Wildman–Crippen MR) is 85.3 cm³/mol. The summed E-state index contributed by atoms with van der Waals surface area (Å²) in [6.07, 6.45) is 0.0876. The van der Waals surface area contributed by atoms with Gasteiger partial charge in [-0.25, -0.2) is 0 Å². The van der Waals surface area contributed by atoms with Gasteiger partial charge in [-0.05, 0) is 24.3 Å². The van der Waals surface area contributed by atoms with Crippen LogP contribution in [0.4, 0.5) is 0 Å². The molecule has 0 atom stereocenters. The highest BCUT2D eigenvalue weighted by Crippen LogP contribution is 2.16. The quantitative estimate of drug-likeness (QED) is 0.505. The summed E-state index contributed by atoms with van der Waals surface area (Å²) in [6, 6.07) is 15.3. The van der Waals surface area contributed by atoms with E-state index in [4.69, 9.17) is 4.74 Å². The van der Waals surface area contributed by atoms with E-state index < -0.39 is 5.97 Å². The van der Waals surface area contributed by atoms with Crippen molar-refractivity contribution in [3.05, 3.63) is 65.7 Å². The molecule has 1 amide bonds. The Morgan fingerprint density at radius 1 is 0.913 bits per heavy atom. The van der Waals surface area contributed by atoms with Gasteiger partial charge in [-0.2, -0.15) is 0 Å². The van der Waals surface area contributed by atoms with Crippen molar-refractivity contribution in [2.24, 2.45) is 0 Å². The molecule has 0 saturated heterocycles. The van der Waals surface area contributed by atoms with Gasteiger partial charge in [-0.15, -0.1) is 0 Å². The molecule has 0 fully saturated rings. The molecular formula is C18H17NO4. The first kappa shape index (κ1) is 16.4. The summed E-state index contributed by atoms with van der Waals surface area (Å²) in [4.78, 5) is 34.5. The highest BCUT2D eigenvalue weighted by Gasteiger charge is 2.10. The van der Waals surface area contributed by atoms with Crippen LogP contribution in [0.5, 0.6) is 5.75 Å². The third kappa shape index (κ3) is 5.07. The summed E-state index contributed by atoms with van der Waals surface area (Å²) in [5, 5.41) is 2.52. The maximum atomic E-state index is 12.2. The Kier molecular flexibility index (Phi) is 5.63. The Morgan fingerprint density at radius 3 is 2.13 bits per heavy atom. The molecule has 5 heteroatoms. The van der Waals surface area contributed by atoms with Gasteiger partial charge in [-0.1, -0.05) is 30.3 Å². The van der Waals surface area contributed by atoms with Crippen LogP contribution in [0, 0.1) is 0 Å². The summed E-state index contributed by atoms with van der Waals surface area (Å²) < 4.78 is 5.14. The summed E-state index contributed by atoms with van der Waals surface area (Å²) >= 11 is 0. The van der Waals surface area contributed by atoms with Crippen LogP contribution in [0.2, 0.25) is 0 Å². The number of carbonyl (C=O) groups excluding carboxylic acids is 3. The number of ketones is 1. The molecule has 118 valence electrons. The Labute approximate surface area is 134 Å². The fraction of sp³-hybridized carbons (Fsp3) is 0.167. The van der Waals surface area contributed by atoms with Crippen LogP contribution in [-0.2, 0) is 9.59 Å². The number of hydrogen-bond acceptors (Lipinski definition) is 4. The van der Waals surface area contributed by atoms with Gasteiger partial charge < -0.3 is 10.1 Å². The normalized spacial score (nSPS) is 9.96.